The molecule has 2 rings (SSSR count). The summed E-state index contributed by atoms with van der Waals surface area (Å²) in [5.74, 6) is 1.83. The largest absolute Gasteiger partial charge is 0.494 e. The molecule has 0 aliphatic heterocycles. The second-order valence-corrected chi connectivity index (χ2v) is 5.47. The van der Waals surface area contributed by atoms with E-state index in [0.29, 0.717) is 6.61 Å². The van der Waals surface area contributed by atoms with Crippen LogP contribution in [0.5, 0.6) is 11.5 Å². The van der Waals surface area contributed by atoms with Crippen LogP contribution < -0.4 is 14.8 Å². The standard InChI is InChI=1S/C19H25NO2/c1-4-9-21-18-7-5-6-17(14-18)20-8-10-22-19-12-15(2)11-16(3)13-19/h5-7,11-14,20H,4,8-10H2,1-3H3. The van der Waals surface area contributed by atoms with Gasteiger partial charge in [0.15, 0.2) is 0 Å². The SMILES string of the molecule is CCCOc1cccc(NCCOc2cc(C)cc(C)c2)c1. The Morgan fingerprint density at radius 1 is 0.864 bits per heavy atom. The van der Waals surface area contributed by atoms with Gasteiger partial charge >= 0.3 is 0 Å². The molecule has 2 aromatic carbocycles. The molecule has 0 spiro atoms. The molecule has 22 heavy (non-hydrogen) atoms. The summed E-state index contributed by atoms with van der Waals surface area (Å²) in [5.41, 5.74) is 3.50. The van der Waals surface area contributed by atoms with Gasteiger partial charge in [-0.25, -0.2) is 0 Å². The molecule has 0 saturated carbocycles. The minimum Gasteiger partial charge on any atom is -0.494 e. The molecule has 0 aliphatic rings. The van der Waals surface area contributed by atoms with Gasteiger partial charge in [0.1, 0.15) is 18.1 Å². The van der Waals surface area contributed by atoms with Crippen molar-refractivity contribution >= 4 is 5.69 Å². The molecule has 0 bridgehead atoms. The van der Waals surface area contributed by atoms with Crippen LogP contribution in [0.25, 0.3) is 0 Å². The highest BCUT2D eigenvalue weighted by atomic mass is 16.5. The second kappa shape index (κ2) is 8.32. The van der Waals surface area contributed by atoms with Crippen molar-refractivity contribution in [2.75, 3.05) is 25.1 Å². The van der Waals surface area contributed by atoms with Crippen molar-refractivity contribution in [3.8, 4) is 11.5 Å². The summed E-state index contributed by atoms with van der Waals surface area (Å²) in [6.45, 7) is 8.40. The first-order valence-corrected chi connectivity index (χ1v) is 7.85. The number of anilines is 1. The van der Waals surface area contributed by atoms with E-state index in [1.807, 2.05) is 24.3 Å². The van der Waals surface area contributed by atoms with Crippen molar-refractivity contribution in [3.05, 3.63) is 53.6 Å². The van der Waals surface area contributed by atoms with Crippen LogP contribution in [-0.4, -0.2) is 19.8 Å². The summed E-state index contributed by atoms with van der Waals surface area (Å²) in [4.78, 5) is 0. The first-order valence-electron chi connectivity index (χ1n) is 7.85. The number of rotatable bonds is 8. The monoisotopic (exact) mass is 299 g/mol. The van der Waals surface area contributed by atoms with Crippen molar-refractivity contribution in [3.63, 3.8) is 0 Å². The summed E-state index contributed by atoms with van der Waals surface area (Å²) >= 11 is 0. The molecule has 2 aromatic rings. The molecule has 0 unspecified atom stereocenters. The Morgan fingerprint density at radius 3 is 2.32 bits per heavy atom. The van der Waals surface area contributed by atoms with E-state index in [1.165, 1.54) is 11.1 Å². The molecular formula is C19H25NO2. The molecule has 0 atom stereocenters. The van der Waals surface area contributed by atoms with Gasteiger partial charge in [0.05, 0.1) is 6.61 Å². The normalized spacial score (nSPS) is 10.3. The molecule has 1 N–H and O–H groups in total. The summed E-state index contributed by atoms with van der Waals surface area (Å²) < 4.78 is 11.4. The zero-order valence-electron chi connectivity index (χ0n) is 13.7. The van der Waals surface area contributed by atoms with E-state index in [-0.39, 0.29) is 0 Å². The van der Waals surface area contributed by atoms with Gasteiger partial charge in [0.2, 0.25) is 0 Å². The maximum absolute atomic E-state index is 5.79. The van der Waals surface area contributed by atoms with Crippen LogP contribution in [0.4, 0.5) is 5.69 Å². The molecule has 3 nitrogen and oxygen atoms in total. The van der Waals surface area contributed by atoms with E-state index in [2.05, 4.69) is 44.3 Å². The number of hydrogen-bond acceptors (Lipinski definition) is 3. The van der Waals surface area contributed by atoms with Gasteiger partial charge in [0.25, 0.3) is 0 Å². The average molecular weight is 299 g/mol. The van der Waals surface area contributed by atoms with Gasteiger partial charge in [-0.1, -0.05) is 19.1 Å². The van der Waals surface area contributed by atoms with Crippen LogP contribution in [0, 0.1) is 13.8 Å². The first-order chi connectivity index (χ1) is 10.7. The lowest BCUT2D eigenvalue weighted by molar-refractivity contribution is 0.317. The molecule has 0 aliphatic carbocycles. The second-order valence-electron chi connectivity index (χ2n) is 5.47. The molecule has 0 heterocycles. The third-order valence-corrected chi connectivity index (χ3v) is 3.20. The van der Waals surface area contributed by atoms with E-state index < -0.39 is 0 Å². The lowest BCUT2D eigenvalue weighted by Crippen LogP contribution is -2.11. The third kappa shape index (κ3) is 5.32. The summed E-state index contributed by atoms with van der Waals surface area (Å²) in [6, 6.07) is 14.3. The number of nitrogens with one attached hydrogen (secondary N) is 1. The molecule has 0 saturated heterocycles. The van der Waals surface area contributed by atoms with Crippen molar-refractivity contribution in [1.29, 1.82) is 0 Å². The van der Waals surface area contributed by atoms with Gasteiger partial charge in [-0.05, 0) is 55.7 Å². The van der Waals surface area contributed by atoms with Crippen molar-refractivity contribution in [2.24, 2.45) is 0 Å². The maximum atomic E-state index is 5.79. The lowest BCUT2D eigenvalue weighted by Gasteiger charge is -2.11. The molecule has 0 aromatic heterocycles. The Morgan fingerprint density at radius 2 is 1.59 bits per heavy atom. The molecule has 3 heteroatoms. The quantitative estimate of drug-likeness (QED) is 0.724. The first kappa shape index (κ1) is 16.2. The summed E-state index contributed by atoms with van der Waals surface area (Å²) in [7, 11) is 0. The van der Waals surface area contributed by atoms with Crippen molar-refractivity contribution < 1.29 is 9.47 Å². The van der Waals surface area contributed by atoms with Gasteiger partial charge in [-0.15, -0.1) is 0 Å². The number of benzene rings is 2. The van der Waals surface area contributed by atoms with Crippen molar-refractivity contribution in [1.82, 2.24) is 0 Å². The Kier molecular flexibility index (Phi) is 6.13. The third-order valence-electron chi connectivity index (χ3n) is 3.20. The minimum absolute atomic E-state index is 0.628. The zero-order chi connectivity index (χ0) is 15.8. The van der Waals surface area contributed by atoms with Crippen molar-refractivity contribution in [2.45, 2.75) is 27.2 Å². The summed E-state index contributed by atoms with van der Waals surface area (Å²) in [6.07, 6.45) is 1.02. The van der Waals surface area contributed by atoms with Gasteiger partial charge in [-0.3, -0.25) is 0 Å². The molecule has 0 amide bonds. The van der Waals surface area contributed by atoms with Gasteiger partial charge in [0, 0.05) is 18.3 Å². The number of aryl methyl sites for hydroxylation is 2. The predicted octanol–water partition coefficient (Wildman–Crippen LogP) is 4.58. The predicted molar refractivity (Wildman–Crippen MR) is 92.1 cm³/mol. The van der Waals surface area contributed by atoms with Gasteiger partial charge in [-0.2, -0.15) is 0 Å². The molecular weight excluding hydrogens is 274 g/mol. The number of hydrogen-bond donors (Lipinski definition) is 1. The molecule has 0 radical (unpaired) electrons. The smallest absolute Gasteiger partial charge is 0.121 e. The molecule has 118 valence electrons. The van der Waals surface area contributed by atoms with Gasteiger partial charge < -0.3 is 14.8 Å². The van der Waals surface area contributed by atoms with Crippen LogP contribution in [0.2, 0.25) is 0 Å². The summed E-state index contributed by atoms with van der Waals surface area (Å²) in [5, 5.41) is 3.36. The van der Waals surface area contributed by atoms with Crippen LogP contribution in [0.1, 0.15) is 24.5 Å². The van der Waals surface area contributed by atoms with Crippen LogP contribution in [0.15, 0.2) is 42.5 Å². The zero-order valence-corrected chi connectivity index (χ0v) is 13.7. The van der Waals surface area contributed by atoms with E-state index in [4.69, 9.17) is 9.47 Å². The Bertz CT molecular complexity index is 575. The Hall–Kier alpha value is -2.16. The number of ether oxygens (including phenoxy) is 2. The highest BCUT2D eigenvalue weighted by Gasteiger charge is 1.99. The van der Waals surface area contributed by atoms with Crippen LogP contribution in [0.3, 0.4) is 0 Å². The average Bonchev–Trinajstić information content (AvgIpc) is 2.49. The Labute approximate surface area is 133 Å². The van der Waals surface area contributed by atoms with E-state index in [0.717, 1.165) is 36.8 Å². The van der Waals surface area contributed by atoms with Crippen LogP contribution in [-0.2, 0) is 0 Å². The molecule has 0 fully saturated rings. The highest BCUT2D eigenvalue weighted by molar-refractivity contribution is 5.48. The van der Waals surface area contributed by atoms with E-state index in [1.54, 1.807) is 0 Å². The minimum atomic E-state index is 0.628. The topological polar surface area (TPSA) is 30.5 Å². The fraction of sp³-hybridized carbons (Fsp3) is 0.368. The Balaban J connectivity index is 1.78. The van der Waals surface area contributed by atoms with Crippen LogP contribution >= 0.6 is 0 Å². The lowest BCUT2D eigenvalue weighted by atomic mass is 10.1. The van der Waals surface area contributed by atoms with E-state index >= 15 is 0 Å². The fourth-order valence-corrected chi connectivity index (χ4v) is 2.30. The fourth-order valence-electron chi connectivity index (χ4n) is 2.30. The maximum Gasteiger partial charge on any atom is 0.121 e. The van der Waals surface area contributed by atoms with E-state index in [9.17, 15) is 0 Å². The highest BCUT2D eigenvalue weighted by Crippen LogP contribution is 2.18.